The fraction of sp³-hybridized carbons (Fsp3) is 0.0625. The topological polar surface area (TPSA) is 22.0 Å². The monoisotopic (exact) mass is 313 g/mol. The average molecular weight is 314 g/mol. The van der Waals surface area contributed by atoms with E-state index in [0.717, 1.165) is 21.9 Å². The third-order valence-corrected chi connectivity index (χ3v) is 3.63. The number of nitrogens with zero attached hydrogens (tertiary/aromatic N) is 1. The van der Waals surface area contributed by atoms with Crippen molar-refractivity contribution in [2.24, 2.45) is 0 Å². The van der Waals surface area contributed by atoms with Gasteiger partial charge in [0.25, 0.3) is 0 Å². The summed E-state index contributed by atoms with van der Waals surface area (Å²) in [6, 6.07) is 17.6. The Kier molecular flexibility index (Phi) is 3.22. The summed E-state index contributed by atoms with van der Waals surface area (Å²) in [7, 11) is 0. The van der Waals surface area contributed by atoms with Gasteiger partial charge in [-0.25, -0.2) is 0 Å². The van der Waals surface area contributed by atoms with E-state index in [2.05, 4.69) is 32.6 Å². The van der Waals surface area contributed by atoms with Crippen LogP contribution in [0.25, 0.3) is 10.9 Å². The first-order chi connectivity index (χ1) is 9.24. The normalized spacial score (nSPS) is 10.8. The smallest absolute Gasteiger partial charge is 0.189 e. The van der Waals surface area contributed by atoms with Crippen LogP contribution in [0, 0.1) is 0 Å². The second kappa shape index (κ2) is 5.02. The van der Waals surface area contributed by atoms with Crippen molar-refractivity contribution in [2.75, 3.05) is 0 Å². The second-order valence-corrected chi connectivity index (χ2v) is 5.37. The van der Waals surface area contributed by atoms with Gasteiger partial charge in [0.15, 0.2) is 5.43 Å². The van der Waals surface area contributed by atoms with E-state index >= 15 is 0 Å². The van der Waals surface area contributed by atoms with Gasteiger partial charge in [-0.1, -0.05) is 46.3 Å². The zero-order chi connectivity index (χ0) is 13.2. The predicted molar refractivity (Wildman–Crippen MR) is 81.5 cm³/mol. The molecule has 0 aliphatic carbocycles. The Morgan fingerprint density at radius 3 is 2.58 bits per heavy atom. The van der Waals surface area contributed by atoms with Crippen LogP contribution in [-0.4, -0.2) is 4.57 Å². The lowest BCUT2D eigenvalue weighted by Gasteiger charge is -2.11. The minimum Gasteiger partial charge on any atom is -0.343 e. The Labute approximate surface area is 119 Å². The molecule has 3 aromatic rings. The molecule has 0 saturated heterocycles. The van der Waals surface area contributed by atoms with E-state index < -0.39 is 0 Å². The largest absolute Gasteiger partial charge is 0.343 e. The lowest BCUT2D eigenvalue weighted by atomic mass is 10.2. The molecular formula is C16H12BrNO. The van der Waals surface area contributed by atoms with Crippen molar-refractivity contribution in [3.63, 3.8) is 0 Å². The van der Waals surface area contributed by atoms with E-state index in [4.69, 9.17) is 0 Å². The van der Waals surface area contributed by atoms with Crippen molar-refractivity contribution in [1.29, 1.82) is 0 Å². The Morgan fingerprint density at radius 1 is 1.00 bits per heavy atom. The summed E-state index contributed by atoms with van der Waals surface area (Å²) in [5.74, 6) is 0. The molecule has 2 aromatic carbocycles. The summed E-state index contributed by atoms with van der Waals surface area (Å²) >= 11 is 3.46. The van der Waals surface area contributed by atoms with Gasteiger partial charge in [0.1, 0.15) is 0 Å². The van der Waals surface area contributed by atoms with Crippen LogP contribution < -0.4 is 5.43 Å². The van der Waals surface area contributed by atoms with Crippen LogP contribution in [0.4, 0.5) is 0 Å². The third-order valence-electron chi connectivity index (χ3n) is 3.14. The summed E-state index contributed by atoms with van der Waals surface area (Å²) in [4.78, 5) is 11.9. The maximum atomic E-state index is 11.9. The highest BCUT2D eigenvalue weighted by molar-refractivity contribution is 9.10. The molecule has 0 atom stereocenters. The molecule has 2 nitrogen and oxygen atoms in total. The first-order valence-electron chi connectivity index (χ1n) is 6.07. The molecule has 0 aliphatic rings. The number of halogens is 1. The van der Waals surface area contributed by atoms with Gasteiger partial charge in [-0.15, -0.1) is 0 Å². The fourth-order valence-corrected chi connectivity index (χ4v) is 2.55. The molecular weight excluding hydrogens is 302 g/mol. The van der Waals surface area contributed by atoms with Crippen LogP contribution in [0.5, 0.6) is 0 Å². The maximum absolute atomic E-state index is 11.9. The summed E-state index contributed by atoms with van der Waals surface area (Å²) in [6.45, 7) is 0.758. The highest BCUT2D eigenvalue weighted by Gasteiger charge is 2.04. The number of hydrogen-bond acceptors (Lipinski definition) is 1. The van der Waals surface area contributed by atoms with Crippen molar-refractivity contribution in [3.8, 4) is 0 Å². The summed E-state index contributed by atoms with van der Waals surface area (Å²) in [6.07, 6.45) is 1.85. The molecule has 0 spiro atoms. The Bertz CT molecular complexity index is 778. The Morgan fingerprint density at radius 2 is 1.79 bits per heavy atom. The molecule has 0 fully saturated rings. The molecule has 1 aromatic heterocycles. The molecule has 94 valence electrons. The molecule has 0 bridgehead atoms. The zero-order valence-corrected chi connectivity index (χ0v) is 11.8. The molecule has 0 radical (unpaired) electrons. The van der Waals surface area contributed by atoms with Gasteiger partial charge >= 0.3 is 0 Å². The third kappa shape index (κ3) is 2.47. The number of rotatable bonds is 2. The lowest BCUT2D eigenvalue weighted by Crippen LogP contribution is -2.08. The van der Waals surface area contributed by atoms with Crippen LogP contribution in [0.15, 0.2) is 70.1 Å². The van der Waals surface area contributed by atoms with Crippen LogP contribution in [-0.2, 0) is 6.54 Å². The van der Waals surface area contributed by atoms with Gasteiger partial charge in [0, 0.05) is 28.7 Å². The van der Waals surface area contributed by atoms with Gasteiger partial charge in [-0.3, -0.25) is 4.79 Å². The van der Waals surface area contributed by atoms with Gasteiger partial charge in [0.05, 0.1) is 5.52 Å². The van der Waals surface area contributed by atoms with E-state index in [1.165, 1.54) is 5.56 Å². The Balaban J connectivity index is 2.16. The maximum Gasteiger partial charge on any atom is 0.189 e. The minimum atomic E-state index is 0.0619. The van der Waals surface area contributed by atoms with Crippen molar-refractivity contribution in [1.82, 2.24) is 4.57 Å². The Hall–Kier alpha value is -1.87. The number of aromatic nitrogens is 1. The molecule has 3 heteroatoms. The number of fused-ring (bicyclic) bond motifs is 1. The summed E-state index contributed by atoms with van der Waals surface area (Å²) in [5, 5.41) is 0.752. The molecule has 0 aliphatic heterocycles. The van der Waals surface area contributed by atoms with Gasteiger partial charge in [-0.05, 0) is 23.8 Å². The highest BCUT2D eigenvalue weighted by Crippen LogP contribution is 2.18. The lowest BCUT2D eigenvalue weighted by molar-refractivity contribution is 0.825. The van der Waals surface area contributed by atoms with E-state index in [9.17, 15) is 4.79 Å². The molecule has 0 saturated carbocycles. The van der Waals surface area contributed by atoms with E-state index in [1.54, 1.807) is 6.07 Å². The summed E-state index contributed by atoms with van der Waals surface area (Å²) < 4.78 is 3.07. The van der Waals surface area contributed by atoms with Crippen LogP contribution >= 0.6 is 15.9 Å². The van der Waals surface area contributed by atoms with Crippen molar-refractivity contribution in [2.45, 2.75) is 6.54 Å². The predicted octanol–water partition coefficient (Wildman–Crippen LogP) is 3.81. The molecule has 3 rings (SSSR count). The van der Waals surface area contributed by atoms with Gasteiger partial charge < -0.3 is 4.57 Å². The number of benzene rings is 2. The van der Waals surface area contributed by atoms with Crippen LogP contribution in [0.3, 0.4) is 0 Å². The van der Waals surface area contributed by atoms with Gasteiger partial charge in [-0.2, -0.15) is 0 Å². The first kappa shape index (κ1) is 12.2. The standard InChI is InChI=1S/C16H12BrNO/c17-13-6-7-14-15(10-13)18(9-8-16(14)19)11-12-4-2-1-3-5-12/h1-10H,11H2. The minimum absolute atomic E-state index is 0.0619. The second-order valence-electron chi connectivity index (χ2n) is 4.45. The van der Waals surface area contributed by atoms with E-state index in [0.29, 0.717) is 0 Å². The molecule has 0 N–H and O–H groups in total. The highest BCUT2D eigenvalue weighted by atomic mass is 79.9. The van der Waals surface area contributed by atoms with Crippen LogP contribution in [0.1, 0.15) is 5.56 Å². The van der Waals surface area contributed by atoms with E-state index in [-0.39, 0.29) is 5.43 Å². The zero-order valence-electron chi connectivity index (χ0n) is 10.2. The summed E-state index contributed by atoms with van der Waals surface area (Å²) in [5.41, 5.74) is 2.23. The van der Waals surface area contributed by atoms with E-state index in [1.807, 2.05) is 42.6 Å². The van der Waals surface area contributed by atoms with Crippen molar-refractivity contribution in [3.05, 3.63) is 81.1 Å². The molecule has 0 amide bonds. The number of hydrogen-bond donors (Lipinski definition) is 0. The first-order valence-corrected chi connectivity index (χ1v) is 6.86. The van der Waals surface area contributed by atoms with Crippen LogP contribution in [0.2, 0.25) is 0 Å². The number of pyridine rings is 1. The average Bonchev–Trinajstić information content (AvgIpc) is 2.43. The van der Waals surface area contributed by atoms with Crippen molar-refractivity contribution < 1.29 is 0 Å². The molecule has 1 heterocycles. The molecule has 0 unspecified atom stereocenters. The SMILES string of the molecule is O=c1ccn(Cc2ccccc2)c2cc(Br)ccc12. The quantitative estimate of drug-likeness (QED) is 0.705. The fourth-order valence-electron chi connectivity index (χ4n) is 2.20. The molecule has 19 heavy (non-hydrogen) atoms. The van der Waals surface area contributed by atoms with Gasteiger partial charge in [0.2, 0.25) is 0 Å². The van der Waals surface area contributed by atoms with Crippen molar-refractivity contribution >= 4 is 26.8 Å².